The van der Waals surface area contributed by atoms with Crippen LogP contribution >= 0.6 is 27.5 Å². The fourth-order valence-electron chi connectivity index (χ4n) is 2.02. The quantitative estimate of drug-likeness (QED) is 0.836. The monoisotopic (exact) mass is 351 g/mol. The summed E-state index contributed by atoms with van der Waals surface area (Å²) in [6.07, 6.45) is 0. The minimum absolute atomic E-state index is 0.0601. The van der Waals surface area contributed by atoms with Gasteiger partial charge in [-0.1, -0.05) is 39.7 Å². The highest BCUT2D eigenvalue weighted by atomic mass is 79.9. The Hall–Kier alpha value is -1.32. The number of halogens is 2. The minimum Gasteiger partial charge on any atom is -0.346 e. The second kappa shape index (κ2) is 6.42. The highest BCUT2D eigenvalue weighted by Gasteiger charge is 2.13. The van der Waals surface area contributed by atoms with Crippen molar-refractivity contribution >= 4 is 33.4 Å². The number of benzene rings is 2. The zero-order chi connectivity index (χ0) is 14.7. The van der Waals surface area contributed by atoms with E-state index in [1.54, 1.807) is 18.2 Å². The number of nitrogens with one attached hydrogen (secondary N) is 1. The van der Waals surface area contributed by atoms with Crippen LogP contribution in [0.5, 0.6) is 0 Å². The van der Waals surface area contributed by atoms with Crippen LogP contribution in [0.1, 0.15) is 34.5 Å². The maximum Gasteiger partial charge on any atom is 0.252 e. The largest absolute Gasteiger partial charge is 0.346 e. The average Bonchev–Trinajstić information content (AvgIpc) is 2.38. The van der Waals surface area contributed by atoms with E-state index in [-0.39, 0.29) is 11.9 Å². The summed E-state index contributed by atoms with van der Waals surface area (Å²) in [5.74, 6) is -0.0911. The molecule has 0 fully saturated rings. The van der Waals surface area contributed by atoms with Gasteiger partial charge in [-0.3, -0.25) is 4.79 Å². The molecule has 0 aliphatic rings. The van der Waals surface area contributed by atoms with Crippen LogP contribution in [0.2, 0.25) is 5.02 Å². The molecule has 20 heavy (non-hydrogen) atoms. The van der Waals surface area contributed by atoms with Crippen molar-refractivity contribution in [2.75, 3.05) is 0 Å². The molecular formula is C16H15BrClNO. The Morgan fingerprint density at radius 2 is 2.00 bits per heavy atom. The van der Waals surface area contributed by atoms with Gasteiger partial charge in [0.25, 0.3) is 5.91 Å². The van der Waals surface area contributed by atoms with Gasteiger partial charge in [0.1, 0.15) is 0 Å². The van der Waals surface area contributed by atoms with Gasteiger partial charge >= 0.3 is 0 Å². The number of carbonyl (C=O) groups is 1. The summed E-state index contributed by atoms with van der Waals surface area (Å²) in [5, 5.41) is 3.64. The fraction of sp³-hybridized carbons (Fsp3) is 0.188. The molecule has 0 radical (unpaired) electrons. The molecule has 0 saturated heterocycles. The summed E-state index contributed by atoms with van der Waals surface area (Å²) in [6.45, 7) is 3.84. The third-order valence-corrected chi connectivity index (χ3v) is 3.86. The summed E-state index contributed by atoms with van der Waals surface area (Å²) >= 11 is 9.34. The topological polar surface area (TPSA) is 29.1 Å². The Bertz CT molecular complexity index is 642. The number of amides is 1. The minimum atomic E-state index is -0.0911. The molecule has 104 valence electrons. The van der Waals surface area contributed by atoms with E-state index in [4.69, 9.17) is 11.6 Å². The molecular weight excluding hydrogens is 338 g/mol. The van der Waals surface area contributed by atoms with Crippen molar-refractivity contribution in [3.05, 3.63) is 68.7 Å². The molecule has 0 heterocycles. The van der Waals surface area contributed by atoms with Crippen molar-refractivity contribution in [3.8, 4) is 0 Å². The van der Waals surface area contributed by atoms with Gasteiger partial charge in [0, 0.05) is 15.1 Å². The first-order valence-electron chi connectivity index (χ1n) is 6.30. The summed E-state index contributed by atoms with van der Waals surface area (Å²) in [6, 6.07) is 13.1. The third-order valence-electron chi connectivity index (χ3n) is 3.13. The van der Waals surface area contributed by atoms with E-state index in [2.05, 4.69) is 21.2 Å². The Labute approximate surface area is 132 Å². The van der Waals surface area contributed by atoms with Gasteiger partial charge in [0.2, 0.25) is 0 Å². The Balaban J connectivity index is 2.15. The van der Waals surface area contributed by atoms with Crippen LogP contribution in [0.4, 0.5) is 0 Å². The van der Waals surface area contributed by atoms with E-state index >= 15 is 0 Å². The van der Waals surface area contributed by atoms with E-state index < -0.39 is 0 Å². The standard InChI is InChI=1S/C16H15BrClNO/c1-10-8-14(18)6-7-15(10)16(20)19-11(2)12-4-3-5-13(17)9-12/h3-9,11H,1-2H3,(H,19,20). The van der Waals surface area contributed by atoms with Gasteiger partial charge in [0.15, 0.2) is 0 Å². The molecule has 4 heteroatoms. The van der Waals surface area contributed by atoms with Crippen LogP contribution in [0.25, 0.3) is 0 Å². The number of carbonyl (C=O) groups excluding carboxylic acids is 1. The number of hydrogen-bond donors (Lipinski definition) is 1. The van der Waals surface area contributed by atoms with Gasteiger partial charge in [-0.15, -0.1) is 0 Å². The first-order chi connectivity index (χ1) is 9.47. The van der Waals surface area contributed by atoms with E-state index in [0.29, 0.717) is 10.6 Å². The molecule has 0 spiro atoms. The van der Waals surface area contributed by atoms with Crippen LogP contribution in [0.3, 0.4) is 0 Å². The maximum atomic E-state index is 12.3. The molecule has 0 saturated carbocycles. The molecule has 0 aliphatic carbocycles. The summed E-state index contributed by atoms with van der Waals surface area (Å²) in [7, 11) is 0. The first kappa shape index (κ1) is 15.1. The zero-order valence-electron chi connectivity index (χ0n) is 11.3. The highest BCUT2D eigenvalue weighted by molar-refractivity contribution is 9.10. The smallest absolute Gasteiger partial charge is 0.252 e. The molecule has 0 aromatic heterocycles. The van der Waals surface area contributed by atoms with Crippen molar-refractivity contribution in [1.82, 2.24) is 5.32 Å². The predicted octanol–water partition coefficient (Wildman–Crippen LogP) is 4.90. The summed E-state index contributed by atoms with van der Waals surface area (Å²) in [4.78, 5) is 12.3. The third kappa shape index (κ3) is 3.62. The zero-order valence-corrected chi connectivity index (χ0v) is 13.6. The average molecular weight is 353 g/mol. The Kier molecular flexibility index (Phi) is 4.84. The first-order valence-corrected chi connectivity index (χ1v) is 7.47. The molecule has 0 bridgehead atoms. The lowest BCUT2D eigenvalue weighted by molar-refractivity contribution is 0.0939. The van der Waals surface area contributed by atoms with Crippen molar-refractivity contribution < 1.29 is 4.79 Å². The number of rotatable bonds is 3. The van der Waals surface area contributed by atoms with E-state index in [0.717, 1.165) is 15.6 Å². The number of hydrogen-bond acceptors (Lipinski definition) is 1. The molecule has 2 nitrogen and oxygen atoms in total. The van der Waals surface area contributed by atoms with Crippen LogP contribution < -0.4 is 5.32 Å². The van der Waals surface area contributed by atoms with Crippen molar-refractivity contribution in [2.24, 2.45) is 0 Å². The molecule has 1 unspecified atom stereocenters. The van der Waals surface area contributed by atoms with Gasteiger partial charge in [-0.05, 0) is 55.3 Å². The van der Waals surface area contributed by atoms with E-state index in [1.807, 2.05) is 38.1 Å². The van der Waals surface area contributed by atoms with Crippen LogP contribution in [0, 0.1) is 6.92 Å². The SMILES string of the molecule is Cc1cc(Cl)ccc1C(=O)NC(C)c1cccc(Br)c1. The van der Waals surface area contributed by atoms with Crippen LogP contribution in [-0.4, -0.2) is 5.91 Å². The predicted molar refractivity (Wildman–Crippen MR) is 86.2 cm³/mol. The van der Waals surface area contributed by atoms with Crippen molar-refractivity contribution in [2.45, 2.75) is 19.9 Å². The molecule has 2 aromatic rings. The normalized spacial score (nSPS) is 12.0. The second-order valence-electron chi connectivity index (χ2n) is 4.71. The lowest BCUT2D eigenvalue weighted by Crippen LogP contribution is -2.27. The molecule has 2 rings (SSSR count). The lowest BCUT2D eigenvalue weighted by atomic mass is 10.1. The molecule has 2 aromatic carbocycles. The van der Waals surface area contributed by atoms with E-state index in [9.17, 15) is 4.79 Å². The molecule has 1 N–H and O–H groups in total. The molecule has 1 atom stereocenters. The lowest BCUT2D eigenvalue weighted by Gasteiger charge is -2.15. The number of aryl methyl sites for hydroxylation is 1. The van der Waals surface area contributed by atoms with Crippen LogP contribution in [0.15, 0.2) is 46.9 Å². The second-order valence-corrected chi connectivity index (χ2v) is 6.06. The van der Waals surface area contributed by atoms with Crippen LogP contribution in [-0.2, 0) is 0 Å². The fourth-order valence-corrected chi connectivity index (χ4v) is 2.66. The van der Waals surface area contributed by atoms with Gasteiger partial charge in [-0.25, -0.2) is 0 Å². The van der Waals surface area contributed by atoms with Crippen molar-refractivity contribution in [1.29, 1.82) is 0 Å². The summed E-state index contributed by atoms with van der Waals surface area (Å²) < 4.78 is 0.999. The van der Waals surface area contributed by atoms with Gasteiger partial charge < -0.3 is 5.32 Å². The van der Waals surface area contributed by atoms with E-state index in [1.165, 1.54) is 0 Å². The van der Waals surface area contributed by atoms with Crippen molar-refractivity contribution in [3.63, 3.8) is 0 Å². The molecule has 1 amide bonds. The summed E-state index contributed by atoms with van der Waals surface area (Å²) in [5.41, 5.74) is 2.58. The maximum absolute atomic E-state index is 12.3. The van der Waals surface area contributed by atoms with Gasteiger partial charge in [0.05, 0.1) is 6.04 Å². The Morgan fingerprint density at radius 3 is 2.65 bits per heavy atom. The van der Waals surface area contributed by atoms with Gasteiger partial charge in [-0.2, -0.15) is 0 Å². The molecule has 0 aliphatic heterocycles. The Morgan fingerprint density at radius 1 is 1.25 bits per heavy atom. The highest BCUT2D eigenvalue weighted by Crippen LogP contribution is 2.20.